The van der Waals surface area contributed by atoms with Crippen LogP contribution in [0.2, 0.25) is 0 Å². The second-order valence-corrected chi connectivity index (χ2v) is 9.84. The number of nitrogens with zero attached hydrogens (tertiary/aromatic N) is 1. The Labute approximate surface area is 162 Å². The fourth-order valence-electron chi connectivity index (χ4n) is 4.54. The normalized spacial score (nSPS) is 17.1. The quantitative estimate of drug-likeness (QED) is 0.778. The summed E-state index contributed by atoms with van der Waals surface area (Å²) in [6, 6.07) is 1.70. The highest BCUT2D eigenvalue weighted by atomic mass is 32.2. The van der Waals surface area contributed by atoms with Crippen molar-refractivity contribution in [3.05, 3.63) is 28.3 Å². The second-order valence-electron chi connectivity index (χ2n) is 7.86. The number of carbonyl (C=O) groups excluding carboxylic acids is 1. The number of hydrogen-bond acceptors (Lipinski definition) is 4. The van der Waals surface area contributed by atoms with Gasteiger partial charge < -0.3 is 5.32 Å². The van der Waals surface area contributed by atoms with Crippen molar-refractivity contribution in [1.29, 1.82) is 0 Å². The lowest BCUT2D eigenvalue weighted by Gasteiger charge is -2.31. The molecule has 0 aromatic heterocycles. The lowest BCUT2D eigenvalue weighted by Crippen LogP contribution is -2.49. The van der Waals surface area contributed by atoms with E-state index >= 15 is 0 Å². The minimum atomic E-state index is -3.80. The van der Waals surface area contributed by atoms with Crippen LogP contribution < -0.4 is 10.0 Å². The Balaban J connectivity index is 1.79. The summed E-state index contributed by atoms with van der Waals surface area (Å²) in [5, 5.41) is 2.11. The molecule has 0 fully saturated rings. The number of anilines is 1. The van der Waals surface area contributed by atoms with Crippen LogP contribution in [0.1, 0.15) is 62.8 Å². The predicted molar refractivity (Wildman–Crippen MR) is 109 cm³/mol. The molecule has 6 nitrogen and oxygen atoms in total. The summed E-state index contributed by atoms with van der Waals surface area (Å²) in [5.41, 5.74) is 5.84. The van der Waals surface area contributed by atoms with E-state index in [-0.39, 0.29) is 6.04 Å². The number of urea groups is 1. The number of sulfonamides is 1. The summed E-state index contributed by atoms with van der Waals surface area (Å²) in [6.07, 6.45) is 6.13. The van der Waals surface area contributed by atoms with Gasteiger partial charge in [-0.3, -0.25) is 4.90 Å². The van der Waals surface area contributed by atoms with E-state index < -0.39 is 21.4 Å². The lowest BCUT2D eigenvalue weighted by molar-refractivity contribution is 0.217. The summed E-state index contributed by atoms with van der Waals surface area (Å²) >= 11 is 0. The molecule has 0 radical (unpaired) electrons. The van der Waals surface area contributed by atoms with E-state index in [2.05, 4.69) is 16.1 Å². The number of nitrogens with one attached hydrogen (secondary N) is 2. The van der Waals surface area contributed by atoms with Gasteiger partial charge in [0.05, 0.1) is 0 Å². The van der Waals surface area contributed by atoms with E-state index in [4.69, 9.17) is 0 Å². The number of amides is 2. The Morgan fingerprint density at radius 1 is 1.07 bits per heavy atom. The minimum absolute atomic E-state index is 0.0744. The van der Waals surface area contributed by atoms with E-state index in [0.717, 1.165) is 44.2 Å². The fraction of sp³-hybridized carbons (Fsp3) is 0.650. The summed E-state index contributed by atoms with van der Waals surface area (Å²) < 4.78 is 27.6. The number of rotatable bonds is 6. The third kappa shape index (κ3) is 3.99. The molecular weight excluding hydrogens is 362 g/mol. The molecule has 1 unspecified atom stereocenters. The Morgan fingerprint density at radius 3 is 2.11 bits per heavy atom. The highest BCUT2D eigenvalue weighted by Crippen LogP contribution is 2.38. The maximum atomic E-state index is 12.7. The van der Waals surface area contributed by atoms with Gasteiger partial charge in [0.2, 0.25) is 0 Å². The van der Waals surface area contributed by atoms with Crippen LogP contribution >= 0.6 is 0 Å². The molecule has 2 N–H and O–H groups in total. The molecule has 1 aromatic carbocycles. The lowest BCUT2D eigenvalue weighted by atomic mass is 9.99. The first-order valence-corrected chi connectivity index (χ1v) is 11.5. The molecule has 27 heavy (non-hydrogen) atoms. The number of carbonyl (C=O) groups is 1. The van der Waals surface area contributed by atoms with Crippen molar-refractivity contribution in [2.24, 2.45) is 0 Å². The Bertz CT molecular complexity index is 801. The fourth-order valence-corrected chi connectivity index (χ4v) is 5.77. The van der Waals surface area contributed by atoms with E-state index in [1.165, 1.54) is 22.3 Å². The Hall–Kier alpha value is -1.60. The highest BCUT2D eigenvalue weighted by molar-refractivity contribution is 7.90. The summed E-state index contributed by atoms with van der Waals surface area (Å²) in [7, 11) is -3.80. The van der Waals surface area contributed by atoms with Crippen LogP contribution in [0, 0.1) is 0 Å². The number of aryl methyl sites for hydroxylation is 2. The molecule has 0 saturated carbocycles. The second kappa shape index (κ2) is 7.80. The van der Waals surface area contributed by atoms with E-state index in [1.54, 1.807) is 6.92 Å². The van der Waals surface area contributed by atoms with Gasteiger partial charge in [0, 0.05) is 11.7 Å². The van der Waals surface area contributed by atoms with E-state index in [0.29, 0.717) is 6.54 Å². The first-order chi connectivity index (χ1) is 12.7. The van der Waals surface area contributed by atoms with Gasteiger partial charge in [0.25, 0.3) is 10.0 Å². The topological polar surface area (TPSA) is 78.5 Å². The Morgan fingerprint density at radius 2 is 1.63 bits per heavy atom. The predicted octanol–water partition coefficient (Wildman–Crippen LogP) is 3.19. The van der Waals surface area contributed by atoms with Crippen molar-refractivity contribution in [3.8, 4) is 0 Å². The number of benzene rings is 1. The third-order valence-corrected chi connectivity index (χ3v) is 7.53. The van der Waals surface area contributed by atoms with Gasteiger partial charge in [-0.05, 0) is 88.1 Å². The molecular formula is C20H31N3O3S. The summed E-state index contributed by atoms with van der Waals surface area (Å²) in [5.74, 6) is 0. The summed E-state index contributed by atoms with van der Waals surface area (Å²) in [4.78, 5) is 14.4. The molecule has 0 spiro atoms. The molecule has 0 bridgehead atoms. The van der Waals surface area contributed by atoms with E-state index in [9.17, 15) is 13.2 Å². The van der Waals surface area contributed by atoms with Crippen LogP contribution in [0.15, 0.2) is 6.07 Å². The summed E-state index contributed by atoms with van der Waals surface area (Å²) in [6.45, 7) is 8.04. The highest BCUT2D eigenvalue weighted by Gasteiger charge is 2.31. The first kappa shape index (κ1) is 20.1. The monoisotopic (exact) mass is 393 g/mol. The van der Waals surface area contributed by atoms with Crippen LogP contribution in [0.5, 0.6) is 0 Å². The van der Waals surface area contributed by atoms with Gasteiger partial charge in [0.15, 0.2) is 0 Å². The van der Waals surface area contributed by atoms with Crippen molar-refractivity contribution < 1.29 is 13.2 Å². The van der Waals surface area contributed by atoms with E-state index in [1.807, 2.05) is 25.7 Å². The average molecular weight is 394 g/mol. The van der Waals surface area contributed by atoms with Gasteiger partial charge in [-0.25, -0.2) is 17.9 Å². The van der Waals surface area contributed by atoms with Crippen molar-refractivity contribution in [1.82, 2.24) is 9.62 Å². The molecule has 1 atom stereocenters. The molecule has 2 aliphatic carbocycles. The van der Waals surface area contributed by atoms with Crippen LogP contribution in [-0.4, -0.2) is 37.3 Å². The van der Waals surface area contributed by atoms with Gasteiger partial charge in [-0.1, -0.05) is 13.0 Å². The van der Waals surface area contributed by atoms with Crippen LogP contribution in [0.4, 0.5) is 10.5 Å². The van der Waals surface area contributed by atoms with Crippen molar-refractivity contribution in [2.75, 3.05) is 11.9 Å². The van der Waals surface area contributed by atoms with Crippen LogP contribution in [0.25, 0.3) is 0 Å². The SMILES string of the molecule is CCN(C(C)C)C(C)S(=O)(=O)NC(=O)Nc1c2c(cc3c1CCC3)CCC2. The largest absolute Gasteiger partial charge is 0.332 e. The molecule has 2 aliphatic rings. The molecule has 2 amide bonds. The van der Waals surface area contributed by atoms with Crippen molar-refractivity contribution in [3.63, 3.8) is 0 Å². The van der Waals surface area contributed by atoms with Crippen LogP contribution in [0.3, 0.4) is 0 Å². The molecule has 1 aromatic rings. The minimum Gasteiger partial charge on any atom is -0.307 e. The zero-order chi connectivity index (χ0) is 19.8. The first-order valence-electron chi connectivity index (χ1n) is 9.99. The molecule has 150 valence electrons. The zero-order valence-electron chi connectivity index (χ0n) is 16.8. The van der Waals surface area contributed by atoms with Crippen LogP contribution in [-0.2, 0) is 35.7 Å². The number of hydrogen-bond donors (Lipinski definition) is 2. The van der Waals surface area contributed by atoms with Crippen molar-refractivity contribution >= 4 is 21.7 Å². The van der Waals surface area contributed by atoms with Gasteiger partial charge in [-0.15, -0.1) is 0 Å². The molecule has 0 aliphatic heterocycles. The third-order valence-electron chi connectivity index (χ3n) is 5.89. The molecule has 0 saturated heterocycles. The molecule has 0 heterocycles. The molecule has 7 heteroatoms. The maximum absolute atomic E-state index is 12.7. The van der Waals surface area contributed by atoms with Gasteiger partial charge >= 0.3 is 6.03 Å². The smallest absolute Gasteiger partial charge is 0.307 e. The van der Waals surface area contributed by atoms with Crippen molar-refractivity contribution in [2.45, 2.75) is 77.6 Å². The van der Waals surface area contributed by atoms with Gasteiger partial charge in [-0.2, -0.15) is 0 Å². The molecule has 3 rings (SSSR count). The number of fused-ring (bicyclic) bond motifs is 2. The zero-order valence-corrected chi connectivity index (χ0v) is 17.6. The van der Waals surface area contributed by atoms with Gasteiger partial charge in [0.1, 0.15) is 5.37 Å². The standard InChI is InChI=1S/C20H31N3O3S/c1-5-23(13(2)3)14(4)27(25,26)22-20(24)21-19-17-10-6-8-15(17)12-16-9-7-11-18(16)19/h12-14H,5-11H2,1-4H3,(H2,21,22,24). The Kier molecular flexibility index (Phi) is 5.82. The average Bonchev–Trinajstić information content (AvgIpc) is 3.23. The maximum Gasteiger partial charge on any atom is 0.332 e.